The Morgan fingerprint density at radius 2 is 0.656 bits per heavy atom. The van der Waals surface area contributed by atoms with Crippen molar-refractivity contribution >= 4 is 11.8 Å². The summed E-state index contributed by atoms with van der Waals surface area (Å²) in [6.45, 7) is -9.06. The summed E-state index contributed by atoms with van der Waals surface area (Å²) in [5.74, 6) is -125. The first-order valence-corrected chi connectivity index (χ1v) is 14.6. The van der Waals surface area contributed by atoms with Crippen LogP contribution in [0, 0.1) is 0 Å². The quantitative estimate of drug-likeness (QED) is 0.132. The summed E-state index contributed by atoms with van der Waals surface area (Å²) in [5, 5.41) is 0.454. The summed E-state index contributed by atoms with van der Waals surface area (Å²) in [7, 11) is 0. The number of halogens is 32. The first kappa shape index (κ1) is 55.7. The number of carbonyl (C=O) groups is 2. The van der Waals surface area contributed by atoms with Crippen LogP contribution >= 0.6 is 0 Å². The molecule has 0 unspecified atom stereocenters. The van der Waals surface area contributed by atoms with Gasteiger partial charge in [-0.2, -0.15) is 123 Å². The van der Waals surface area contributed by atoms with Gasteiger partial charge in [0.05, 0.1) is 0 Å². The minimum atomic E-state index is -8.88. The Bertz CT molecular complexity index is 1580. The van der Waals surface area contributed by atoms with Crippen molar-refractivity contribution in [3.63, 3.8) is 0 Å². The predicted molar refractivity (Wildman–Crippen MR) is 127 cm³/mol. The van der Waals surface area contributed by atoms with Crippen LogP contribution in [-0.4, -0.2) is 157 Å². The van der Waals surface area contributed by atoms with Crippen molar-refractivity contribution in [3.05, 3.63) is 0 Å². The van der Waals surface area contributed by atoms with Gasteiger partial charge in [0.15, 0.2) is 0 Å². The molecule has 1 N–H and O–H groups in total. The van der Waals surface area contributed by atoms with E-state index in [1.807, 2.05) is 0 Å². The Kier molecular flexibility index (Phi) is 14.4. The SMILES string of the molecule is O=C(NCCN1CCN(C(=O)C(F)(F)C(F)(F)C(F)(F)C(F)(F)C(F)(F)C(F)(F)C(F)(F)C(F)F)CC1)C(F)(F)C(F)(F)C(F)(F)C(F)(F)C(F)(F)C(F)(F)C(F)(F)C(F)F. The van der Waals surface area contributed by atoms with Crippen LogP contribution in [0.15, 0.2) is 0 Å². The van der Waals surface area contributed by atoms with Crippen molar-refractivity contribution in [2.24, 2.45) is 0 Å². The van der Waals surface area contributed by atoms with E-state index in [9.17, 15) is 150 Å². The highest BCUT2D eigenvalue weighted by Crippen LogP contribution is 2.64. The third-order valence-corrected chi connectivity index (χ3v) is 8.26. The molecule has 1 fully saturated rings. The molecular weight excluding hydrogens is 970 g/mol. The van der Waals surface area contributed by atoms with Gasteiger partial charge in [0.25, 0.3) is 11.8 Å². The highest BCUT2D eigenvalue weighted by atomic mass is 19.4. The van der Waals surface area contributed by atoms with Crippen LogP contribution in [0.25, 0.3) is 0 Å². The van der Waals surface area contributed by atoms with Crippen LogP contribution in [0.2, 0.25) is 0 Å². The molecular formula is C24H15F32N3O2. The van der Waals surface area contributed by atoms with Crippen molar-refractivity contribution in [2.45, 2.75) is 95.8 Å². The van der Waals surface area contributed by atoms with Crippen LogP contribution in [0.5, 0.6) is 0 Å². The molecule has 1 saturated heterocycles. The molecule has 362 valence electrons. The minimum Gasteiger partial charge on any atom is -0.349 e. The molecule has 0 saturated carbocycles. The Balaban J connectivity index is 3.20. The molecule has 0 bridgehead atoms. The Morgan fingerprint density at radius 3 is 0.951 bits per heavy atom. The summed E-state index contributed by atoms with van der Waals surface area (Å²) >= 11 is 0. The van der Waals surface area contributed by atoms with Gasteiger partial charge < -0.3 is 10.2 Å². The van der Waals surface area contributed by atoms with Gasteiger partial charge >= 0.3 is 95.8 Å². The Labute approximate surface area is 313 Å². The molecule has 0 spiro atoms. The summed E-state index contributed by atoms with van der Waals surface area (Å²) in [6, 6.07) is 0. The van der Waals surface area contributed by atoms with Crippen molar-refractivity contribution < 1.29 is 150 Å². The van der Waals surface area contributed by atoms with E-state index in [2.05, 4.69) is 0 Å². The normalized spacial score (nSPS) is 17.7. The fourth-order valence-electron chi connectivity index (χ4n) is 4.36. The first-order valence-electron chi connectivity index (χ1n) is 14.6. The molecule has 1 heterocycles. The topological polar surface area (TPSA) is 52.7 Å². The fourth-order valence-corrected chi connectivity index (χ4v) is 4.36. The van der Waals surface area contributed by atoms with Gasteiger partial charge in [-0.1, -0.05) is 0 Å². The molecule has 37 heteroatoms. The molecule has 1 aliphatic rings. The average molecular weight is 985 g/mol. The highest BCUT2D eigenvalue weighted by Gasteiger charge is 2.96. The standard InChI is InChI=1S/C24H15F32N3O2/c25-7(26)11(29,30)15(37,38)19(45,46)23(53,54)21(49,50)17(41,42)13(33,34)9(60)57-1-2-58-3-5-59(6-4-58)10(61)14(35,36)18(43,44)22(51,52)24(55,56)20(47,48)16(39,40)12(31,32)8(27)28/h7-8H,1-6H2,(H,57,60). The van der Waals surface area contributed by atoms with Gasteiger partial charge in [-0.3, -0.25) is 14.5 Å². The lowest BCUT2D eigenvalue weighted by atomic mass is 9.89. The molecule has 5 nitrogen and oxygen atoms in total. The minimum absolute atomic E-state index is 0.389. The molecule has 0 atom stereocenters. The maximum absolute atomic E-state index is 14.3. The first-order chi connectivity index (χ1) is 26.4. The van der Waals surface area contributed by atoms with E-state index in [1.54, 1.807) is 0 Å². The van der Waals surface area contributed by atoms with Gasteiger partial charge in [-0.25, -0.2) is 17.6 Å². The number of nitrogens with one attached hydrogen (secondary N) is 1. The van der Waals surface area contributed by atoms with E-state index >= 15 is 0 Å². The van der Waals surface area contributed by atoms with Crippen LogP contribution in [-0.2, 0) is 9.59 Å². The van der Waals surface area contributed by atoms with E-state index in [4.69, 9.17) is 0 Å². The maximum Gasteiger partial charge on any atom is 0.392 e. The summed E-state index contributed by atoms with van der Waals surface area (Å²) in [6.07, 6.45) is -12.3. The monoisotopic (exact) mass is 985 g/mol. The molecule has 2 amide bonds. The molecule has 1 aliphatic heterocycles. The number of amides is 2. The van der Waals surface area contributed by atoms with Gasteiger partial charge in [-0.05, 0) is 0 Å². The molecule has 0 aromatic rings. The van der Waals surface area contributed by atoms with E-state index in [-0.39, 0.29) is 0 Å². The predicted octanol–water partition coefficient (Wildman–Crippen LogP) is 8.67. The maximum atomic E-state index is 14.3. The summed E-state index contributed by atoms with van der Waals surface area (Å²) in [5.41, 5.74) is 0. The largest absolute Gasteiger partial charge is 0.392 e. The van der Waals surface area contributed by atoms with Crippen molar-refractivity contribution in [1.82, 2.24) is 15.1 Å². The smallest absolute Gasteiger partial charge is 0.349 e. The van der Waals surface area contributed by atoms with Crippen molar-refractivity contribution in [1.29, 1.82) is 0 Å². The van der Waals surface area contributed by atoms with Gasteiger partial charge in [-0.15, -0.1) is 0 Å². The van der Waals surface area contributed by atoms with E-state index < -0.39 is 152 Å². The number of carbonyl (C=O) groups excluding carboxylic acids is 2. The Morgan fingerprint density at radius 1 is 0.393 bits per heavy atom. The second-order valence-electron chi connectivity index (χ2n) is 12.1. The van der Waals surface area contributed by atoms with Gasteiger partial charge in [0.1, 0.15) is 0 Å². The number of hydrogen-bond donors (Lipinski definition) is 1. The Hall–Kier alpha value is -3.34. The zero-order valence-corrected chi connectivity index (χ0v) is 27.7. The summed E-state index contributed by atoms with van der Waals surface area (Å²) < 4.78 is 432. The highest BCUT2D eigenvalue weighted by molar-refractivity contribution is 5.85. The van der Waals surface area contributed by atoms with Crippen molar-refractivity contribution in [2.75, 3.05) is 39.3 Å². The number of alkyl halides is 32. The number of hydrogen-bond acceptors (Lipinski definition) is 3. The van der Waals surface area contributed by atoms with E-state index in [1.165, 1.54) is 0 Å². The van der Waals surface area contributed by atoms with Gasteiger partial charge in [0, 0.05) is 39.3 Å². The third-order valence-electron chi connectivity index (χ3n) is 8.26. The lowest BCUT2D eigenvalue weighted by Crippen LogP contribution is -2.75. The van der Waals surface area contributed by atoms with Gasteiger partial charge in [0.2, 0.25) is 0 Å². The molecule has 1 rings (SSSR count). The number of piperazine rings is 1. The van der Waals surface area contributed by atoms with Crippen LogP contribution < -0.4 is 5.32 Å². The molecule has 0 aromatic carbocycles. The lowest BCUT2D eigenvalue weighted by molar-refractivity contribution is -0.444. The average Bonchev–Trinajstić information content (AvgIpc) is 3.10. The van der Waals surface area contributed by atoms with E-state index in [0.717, 1.165) is 0 Å². The number of nitrogens with zero attached hydrogens (tertiary/aromatic N) is 2. The third kappa shape index (κ3) is 7.66. The second kappa shape index (κ2) is 15.7. The zero-order chi connectivity index (χ0) is 49.4. The van der Waals surface area contributed by atoms with Crippen LogP contribution in [0.4, 0.5) is 140 Å². The molecule has 0 aliphatic carbocycles. The molecule has 0 radical (unpaired) electrons. The van der Waals surface area contributed by atoms with Crippen molar-refractivity contribution in [3.8, 4) is 0 Å². The van der Waals surface area contributed by atoms with Crippen LogP contribution in [0.1, 0.15) is 0 Å². The van der Waals surface area contributed by atoms with E-state index in [0.29, 0.717) is 10.2 Å². The second-order valence-corrected chi connectivity index (χ2v) is 12.1. The summed E-state index contributed by atoms with van der Waals surface area (Å²) in [4.78, 5) is 23.1. The molecule has 61 heavy (non-hydrogen) atoms. The molecule has 0 aromatic heterocycles. The van der Waals surface area contributed by atoms with Crippen LogP contribution in [0.3, 0.4) is 0 Å². The lowest BCUT2D eigenvalue weighted by Gasteiger charge is -2.43. The fraction of sp³-hybridized carbons (Fsp3) is 0.917. The zero-order valence-electron chi connectivity index (χ0n) is 27.7. The number of rotatable bonds is 19.